The van der Waals surface area contributed by atoms with Crippen molar-refractivity contribution in [1.82, 2.24) is 4.98 Å². The molecule has 0 aliphatic carbocycles. The van der Waals surface area contributed by atoms with E-state index in [0.717, 1.165) is 12.3 Å². The molecule has 3 N–H and O–H groups in total. The van der Waals surface area contributed by atoms with Gasteiger partial charge >= 0.3 is 5.97 Å². The van der Waals surface area contributed by atoms with Crippen LogP contribution in [0.4, 0.5) is 5.69 Å². The molecular weight excluding hydrogens is 282 g/mol. The number of benzene rings is 1. The molecule has 0 fully saturated rings. The smallest absolute Gasteiger partial charge is 0.352 e. The molecule has 0 saturated carbocycles. The second kappa shape index (κ2) is 5.07. The number of aromatic carboxylic acids is 1. The number of para-hydroxylation sites is 1. The second-order valence-corrected chi connectivity index (χ2v) is 5.50. The van der Waals surface area contributed by atoms with Crippen LogP contribution < -0.4 is 4.72 Å². The average Bonchev–Trinajstić information content (AvgIpc) is 2.89. The molecule has 2 rings (SSSR count). The summed E-state index contributed by atoms with van der Waals surface area (Å²) < 4.78 is 26.4. The maximum atomic E-state index is 12.1. The quantitative estimate of drug-likeness (QED) is 0.785. The van der Waals surface area contributed by atoms with Gasteiger partial charge in [0.2, 0.25) is 0 Å². The first-order chi connectivity index (χ1) is 9.44. The van der Waals surface area contributed by atoms with Gasteiger partial charge in [-0.3, -0.25) is 4.72 Å². The first-order valence-corrected chi connectivity index (χ1v) is 6.86. The number of carboxylic acid groups (broad SMARTS) is 1. The Hall–Kier alpha value is -2.79. The first kappa shape index (κ1) is 13.6. The third-order valence-electron chi connectivity index (χ3n) is 2.49. The number of aromatic nitrogens is 1. The highest BCUT2D eigenvalue weighted by Crippen LogP contribution is 2.19. The number of carbonyl (C=O) groups is 1. The molecule has 0 radical (unpaired) electrons. The topological polar surface area (TPSA) is 123 Å². The van der Waals surface area contributed by atoms with Crippen molar-refractivity contribution in [2.45, 2.75) is 4.90 Å². The third kappa shape index (κ3) is 2.62. The minimum atomic E-state index is -3.95. The molecule has 7 nitrogen and oxygen atoms in total. The van der Waals surface area contributed by atoms with Gasteiger partial charge in [0, 0.05) is 6.20 Å². The van der Waals surface area contributed by atoms with Crippen molar-refractivity contribution in [3.05, 3.63) is 47.8 Å². The van der Waals surface area contributed by atoms with Crippen LogP contribution in [0.1, 0.15) is 16.1 Å². The van der Waals surface area contributed by atoms with Gasteiger partial charge < -0.3 is 10.1 Å². The Morgan fingerprint density at radius 3 is 2.65 bits per heavy atom. The molecule has 2 aromatic rings. The molecule has 1 heterocycles. The fourth-order valence-corrected chi connectivity index (χ4v) is 2.60. The lowest BCUT2D eigenvalue weighted by Crippen LogP contribution is -2.13. The summed E-state index contributed by atoms with van der Waals surface area (Å²) in [4.78, 5) is 12.8. The van der Waals surface area contributed by atoms with Gasteiger partial charge in [-0.05, 0) is 18.2 Å². The lowest BCUT2D eigenvalue weighted by Gasteiger charge is -2.07. The number of anilines is 1. The minimum Gasteiger partial charge on any atom is -0.477 e. The van der Waals surface area contributed by atoms with Crippen molar-refractivity contribution >= 4 is 21.7 Å². The van der Waals surface area contributed by atoms with E-state index in [2.05, 4.69) is 9.71 Å². The number of nitrogens with one attached hydrogen (secondary N) is 2. The zero-order valence-electron chi connectivity index (χ0n) is 9.99. The number of aromatic amines is 1. The number of hydrogen-bond donors (Lipinski definition) is 3. The summed E-state index contributed by atoms with van der Waals surface area (Å²) in [5, 5.41) is 17.6. The maximum Gasteiger partial charge on any atom is 0.352 e. The van der Waals surface area contributed by atoms with Crippen LogP contribution >= 0.6 is 0 Å². The molecule has 0 unspecified atom stereocenters. The van der Waals surface area contributed by atoms with E-state index < -0.39 is 16.0 Å². The summed E-state index contributed by atoms with van der Waals surface area (Å²) in [7, 11) is -3.95. The molecule has 0 amide bonds. The number of nitriles is 1. The van der Waals surface area contributed by atoms with Crippen LogP contribution in [0, 0.1) is 11.3 Å². The monoisotopic (exact) mass is 291 g/mol. The fourth-order valence-electron chi connectivity index (χ4n) is 1.53. The molecular formula is C12H9N3O4S. The maximum absolute atomic E-state index is 12.1. The third-order valence-corrected chi connectivity index (χ3v) is 3.83. The number of hydrogen-bond acceptors (Lipinski definition) is 4. The van der Waals surface area contributed by atoms with Gasteiger partial charge in [0.05, 0.1) is 11.3 Å². The number of H-pyrrole nitrogens is 1. The number of carboxylic acids is 1. The fraction of sp³-hybridized carbons (Fsp3) is 0. The van der Waals surface area contributed by atoms with Crippen LogP contribution in [0.15, 0.2) is 41.4 Å². The van der Waals surface area contributed by atoms with Gasteiger partial charge in [-0.2, -0.15) is 5.26 Å². The molecule has 8 heteroatoms. The predicted octanol–water partition coefficient (Wildman–Crippen LogP) is 1.39. The van der Waals surface area contributed by atoms with Gasteiger partial charge in [0.25, 0.3) is 10.0 Å². The number of sulfonamides is 1. The van der Waals surface area contributed by atoms with Crippen LogP contribution in [0.5, 0.6) is 0 Å². The summed E-state index contributed by atoms with van der Waals surface area (Å²) >= 11 is 0. The molecule has 0 saturated heterocycles. The standard InChI is InChI=1S/C12H9N3O4S/c13-6-8-3-1-2-4-10(8)15-20(18,19)9-5-11(12(16)17)14-7-9/h1-5,7,14-15H,(H,16,17). The van der Waals surface area contributed by atoms with Crippen molar-refractivity contribution in [3.63, 3.8) is 0 Å². The van der Waals surface area contributed by atoms with Crippen molar-refractivity contribution < 1.29 is 18.3 Å². The lowest BCUT2D eigenvalue weighted by molar-refractivity contribution is 0.0691. The Balaban J connectivity index is 2.36. The Kier molecular flexibility index (Phi) is 3.45. The lowest BCUT2D eigenvalue weighted by atomic mass is 10.2. The van der Waals surface area contributed by atoms with E-state index in [0.29, 0.717) is 0 Å². The van der Waals surface area contributed by atoms with Crippen LogP contribution in [-0.2, 0) is 10.0 Å². The normalized spacial score (nSPS) is 10.8. The van der Waals surface area contributed by atoms with Gasteiger partial charge in [-0.15, -0.1) is 0 Å². The molecule has 1 aromatic heterocycles. The highest BCUT2D eigenvalue weighted by atomic mass is 32.2. The van der Waals surface area contributed by atoms with Crippen molar-refractivity contribution in [2.75, 3.05) is 4.72 Å². The Bertz CT molecular complexity index is 802. The SMILES string of the molecule is N#Cc1ccccc1NS(=O)(=O)c1c[nH]c(C(=O)O)c1. The summed E-state index contributed by atoms with van der Waals surface area (Å²) in [6.45, 7) is 0. The Morgan fingerprint density at radius 2 is 2.05 bits per heavy atom. The van der Waals surface area contributed by atoms with E-state index in [4.69, 9.17) is 10.4 Å². The van der Waals surface area contributed by atoms with E-state index in [-0.39, 0.29) is 21.8 Å². The van der Waals surface area contributed by atoms with Crippen LogP contribution in [0.3, 0.4) is 0 Å². The van der Waals surface area contributed by atoms with Crippen molar-refractivity contribution in [2.24, 2.45) is 0 Å². The molecule has 0 atom stereocenters. The zero-order chi connectivity index (χ0) is 14.8. The summed E-state index contributed by atoms with van der Waals surface area (Å²) in [6.07, 6.45) is 1.07. The highest BCUT2D eigenvalue weighted by Gasteiger charge is 2.19. The van der Waals surface area contributed by atoms with E-state index in [1.54, 1.807) is 12.1 Å². The van der Waals surface area contributed by atoms with Crippen LogP contribution in [0.25, 0.3) is 0 Å². The van der Waals surface area contributed by atoms with E-state index in [1.807, 2.05) is 6.07 Å². The summed E-state index contributed by atoms with van der Waals surface area (Å²) in [5.74, 6) is -1.26. The highest BCUT2D eigenvalue weighted by molar-refractivity contribution is 7.92. The van der Waals surface area contributed by atoms with Crippen LogP contribution in [0.2, 0.25) is 0 Å². The summed E-state index contributed by atoms with van der Waals surface area (Å²) in [6, 6.07) is 8.97. The number of rotatable bonds is 4. The van der Waals surface area contributed by atoms with Gasteiger partial charge in [-0.1, -0.05) is 12.1 Å². The second-order valence-electron chi connectivity index (χ2n) is 3.82. The Morgan fingerprint density at radius 1 is 1.35 bits per heavy atom. The van der Waals surface area contributed by atoms with Gasteiger partial charge in [-0.25, -0.2) is 13.2 Å². The molecule has 102 valence electrons. The van der Waals surface area contributed by atoms with Gasteiger partial charge in [0.15, 0.2) is 0 Å². The molecule has 1 aromatic carbocycles. The van der Waals surface area contributed by atoms with Crippen molar-refractivity contribution in [3.8, 4) is 6.07 Å². The van der Waals surface area contributed by atoms with Gasteiger partial charge in [0.1, 0.15) is 16.7 Å². The predicted molar refractivity (Wildman–Crippen MR) is 69.7 cm³/mol. The van der Waals surface area contributed by atoms with Crippen molar-refractivity contribution in [1.29, 1.82) is 5.26 Å². The average molecular weight is 291 g/mol. The van der Waals surface area contributed by atoms with Crippen LogP contribution in [-0.4, -0.2) is 24.5 Å². The largest absolute Gasteiger partial charge is 0.477 e. The zero-order valence-corrected chi connectivity index (χ0v) is 10.8. The molecule has 20 heavy (non-hydrogen) atoms. The summed E-state index contributed by atoms with van der Waals surface area (Å²) in [5.41, 5.74) is 0.0667. The van der Waals surface area contributed by atoms with E-state index in [1.165, 1.54) is 12.1 Å². The van der Waals surface area contributed by atoms with E-state index >= 15 is 0 Å². The first-order valence-electron chi connectivity index (χ1n) is 5.37. The molecule has 0 aliphatic rings. The Labute approximate surface area is 114 Å². The molecule has 0 spiro atoms. The molecule has 0 bridgehead atoms. The molecule has 0 aliphatic heterocycles. The van der Waals surface area contributed by atoms with E-state index in [9.17, 15) is 13.2 Å². The number of nitrogens with zero attached hydrogens (tertiary/aromatic N) is 1. The minimum absolute atomic E-state index is 0.132.